The Balaban J connectivity index is 2.10. The summed E-state index contributed by atoms with van der Waals surface area (Å²) in [5.41, 5.74) is 0. The molecule has 1 atom stereocenters. The van der Waals surface area contributed by atoms with Gasteiger partial charge in [0.15, 0.2) is 0 Å². The number of rotatable bonds is 4. The highest BCUT2D eigenvalue weighted by Crippen LogP contribution is 2.25. The fourth-order valence-electron chi connectivity index (χ4n) is 2.33. The molecule has 108 valence electrons. The summed E-state index contributed by atoms with van der Waals surface area (Å²) in [6, 6.07) is 2.08. The largest absolute Gasteiger partial charge is 0.282 e. The van der Waals surface area contributed by atoms with E-state index >= 15 is 0 Å². The molecule has 1 saturated heterocycles. The molecular formula is C12H19BrN2O2S2. The van der Waals surface area contributed by atoms with Gasteiger partial charge in [-0.25, -0.2) is 0 Å². The molecule has 0 aliphatic carbocycles. The average Bonchev–Trinajstić information content (AvgIpc) is 2.75. The minimum absolute atomic E-state index is 0.108. The normalized spacial score (nSPS) is 22.0. The van der Waals surface area contributed by atoms with Crippen molar-refractivity contribution >= 4 is 37.5 Å². The maximum atomic E-state index is 12.6. The van der Waals surface area contributed by atoms with Gasteiger partial charge in [-0.2, -0.15) is 17.0 Å². The van der Waals surface area contributed by atoms with Crippen LogP contribution in [0.4, 0.5) is 0 Å². The summed E-state index contributed by atoms with van der Waals surface area (Å²) in [5.74, 6) is 0. The lowest BCUT2D eigenvalue weighted by molar-refractivity contribution is 0.249. The molecule has 0 N–H and O–H groups in total. The van der Waals surface area contributed by atoms with Gasteiger partial charge in [0.2, 0.25) is 0 Å². The minimum atomic E-state index is -3.34. The first kappa shape index (κ1) is 15.4. The summed E-state index contributed by atoms with van der Waals surface area (Å²) in [4.78, 5) is 1.04. The molecule has 0 spiro atoms. The second-order valence-corrected chi connectivity index (χ2v) is 8.85. The summed E-state index contributed by atoms with van der Waals surface area (Å²) in [5, 5.41) is 1.97. The van der Waals surface area contributed by atoms with Crippen LogP contribution in [0.2, 0.25) is 0 Å². The lowest BCUT2D eigenvalue weighted by Gasteiger charge is -2.35. The van der Waals surface area contributed by atoms with Crippen molar-refractivity contribution < 1.29 is 8.42 Å². The Morgan fingerprint density at radius 1 is 1.53 bits per heavy atom. The molecule has 1 fully saturated rings. The zero-order valence-electron chi connectivity index (χ0n) is 11.2. The lowest BCUT2D eigenvalue weighted by Crippen LogP contribution is -2.48. The van der Waals surface area contributed by atoms with Gasteiger partial charge >= 0.3 is 0 Å². The molecule has 1 unspecified atom stereocenters. The van der Waals surface area contributed by atoms with E-state index in [0.29, 0.717) is 13.1 Å². The quantitative estimate of drug-likeness (QED) is 0.821. The molecule has 7 heteroatoms. The van der Waals surface area contributed by atoms with Crippen molar-refractivity contribution in [1.29, 1.82) is 0 Å². The second kappa shape index (κ2) is 6.22. The molecule has 1 aromatic heterocycles. The van der Waals surface area contributed by atoms with Crippen LogP contribution in [0.5, 0.6) is 0 Å². The van der Waals surface area contributed by atoms with Crippen LogP contribution < -0.4 is 0 Å². The Bertz CT molecular complexity index is 530. The minimum Gasteiger partial charge on any atom is -0.195 e. The van der Waals surface area contributed by atoms with Crippen LogP contribution in [-0.2, 0) is 16.8 Å². The van der Waals surface area contributed by atoms with E-state index in [1.54, 1.807) is 22.7 Å². The number of piperidine rings is 1. The Kier molecular flexibility index (Phi) is 5.05. The fourth-order valence-corrected chi connectivity index (χ4v) is 5.50. The van der Waals surface area contributed by atoms with Crippen molar-refractivity contribution in [2.45, 2.75) is 38.8 Å². The van der Waals surface area contributed by atoms with Crippen molar-refractivity contribution in [3.05, 3.63) is 20.8 Å². The van der Waals surface area contributed by atoms with E-state index in [9.17, 15) is 8.42 Å². The molecule has 0 amide bonds. The SMILES string of the molecule is CC1CCCCN1S(=O)(=O)N(C)Cc1cc(Br)cs1. The van der Waals surface area contributed by atoms with E-state index in [4.69, 9.17) is 0 Å². The Morgan fingerprint density at radius 3 is 2.84 bits per heavy atom. The highest BCUT2D eigenvalue weighted by atomic mass is 79.9. The van der Waals surface area contributed by atoms with Crippen LogP contribution in [0.3, 0.4) is 0 Å². The molecule has 1 aliphatic rings. The third-order valence-corrected chi connectivity index (χ3v) is 7.17. The van der Waals surface area contributed by atoms with Crippen molar-refractivity contribution in [3.63, 3.8) is 0 Å². The summed E-state index contributed by atoms with van der Waals surface area (Å²) in [6.07, 6.45) is 3.04. The van der Waals surface area contributed by atoms with Crippen molar-refractivity contribution in [3.8, 4) is 0 Å². The molecule has 19 heavy (non-hydrogen) atoms. The van der Waals surface area contributed by atoms with Crippen LogP contribution in [0.15, 0.2) is 15.9 Å². The molecule has 2 rings (SSSR count). The van der Waals surface area contributed by atoms with Crippen molar-refractivity contribution in [2.75, 3.05) is 13.6 Å². The van der Waals surface area contributed by atoms with E-state index in [1.807, 2.05) is 18.4 Å². The predicted octanol–water partition coefficient (Wildman–Crippen LogP) is 3.06. The second-order valence-electron chi connectivity index (χ2n) is 4.95. The molecule has 0 saturated carbocycles. The fraction of sp³-hybridized carbons (Fsp3) is 0.667. The van der Waals surface area contributed by atoms with Gasteiger partial charge in [-0.05, 0) is 41.8 Å². The summed E-state index contributed by atoms with van der Waals surface area (Å²) in [6.45, 7) is 3.07. The molecule has 0 bridgehead atoms. The highest BCUT2D eigenvalue weighted by molar-refractivity contribution is 9.10. The summed E-state index contributed by atoms with van der Waals surface area (Å²) >= 11 is 4.96. The first-order chi connectivity index (χ1) is 8.91. The summed E-state index contributed by atoms with van der Waals surface area (Å²) in [7, 11) is -1.69. The number of nitrogens with zero attached hydrogens (tertiary/aromatic N) is 2. The van der Waals surface area contributed by atoms with E-state index in [1.165, 1.54) is 4.31 Å². The van der Waals surface area contributed by atoms with Crippen molar-refractivity contribution in [1.82, 2.24) is 8.61 Å². The lowest BCUT2D eigenvalue weighted by atomic mass is 10.1. The molecule has 2 heterocycles. The van der Waals surface area contributed by atoms with Crippen LogP contribution in [-0.4, -0.2) is 36.7 Å². The average molecular weight is 367 g/mol. The van der Waals surface area contributed by atoms with Crippen LogP contribution in [0.25, 0.3) is 0 Å². The number of hydrogen-bond donors (Lipinski definition) is 0. The van der Waals surface area contributed by atoms with Gasteiger partial charge in [-0.3, -0.25) is 0 Å². The van der Waals surface area contributed by atoms with Crippen molar-refractivity contribution in [2.24, 2.45) is 0 Å². The molecule has 4 nitrogen and oxygen atoms in total. The molecule has 1 aromatic rings. The van der Waals surface area contributed by atoms with E-state index < -0.39 is 10.2 Å². The third kappa shape index (κ3) is 3.58. The zero-order valence-corrected chi connectivity index (χ0v) is 14.4. The van der Waals surface area contributed by atoms with Gasteiger partial charge in [0.05, 0.1) is 0 Å². The van der Waals surface area contributed by atoms with Gasteiger partial charge in [-0.1, -0.05) is 6.42 Å². The molecule has 0 aromatic carbocycles. The Hall–Kier alpha value is 0.0500. The van der Waals surface area contributed by atoms with E-state index in [-0.39, 0.29) is 6.04 Å². The number of thiophene rings is 1. The monoisotopic (exact) mass is 366 g/mol. The van der Waals surface area contributed by atoms with Crippen LogP contribution in [0.1, 0.15) is 31.1 Å². The van der Waals surface area contributed by atoms with E-state index in [2.05, 4.69) is 15.9 Å². The molecule has 0 radical (unpaired) electrons. The first-order valence-corrected chi connectivity index (χ1v) is 9.44. The Morgan fingerprint density at radius 2 is 2.26 bits per heavy atom. The van der Waals surface area contributed by atoms with Gasteiger partial charge in [-0.15, -0.1) is 11.3 Å². The van der Waals surface area contributed by atoms with Crippen LogP contribution >= 0.6 is 27.3 Å². The maximum Gasteiger partial charge on any atom is 0.282 e. The molecule has 1 aliphatic heterocycles. The molecular weight excluding hydrogens is 348 g/mol. The van der Waals surface area contributed by atoms with Gasteiger partial charge in [0, 0.05) is 40.9 Å². The zero-order chi connectivity index (χ0) is 14.0. The highest BCUT2D eigenvalue weighted by Gasteiger charge is 2.32. The maximum absolute atomic E-state index is 12.6. The topological polar surface area (TPSA) is 40.6 Å². The third-order valence-electron chi connectivity index (χ3n) is 3.43. The number of halogens is 1. The van der Waals surface area contributed by atoms with Crippen LogP contribution in [0, 0.1) is 0 Å². The Labute approximate surface area is 127 Å². The predicted molar refractivity (Wildman–Crippen MR) is 82.4 cm³/mol. The van der Waals surface area contributed by atoms with Gasteiger partial charge in [0.25, 0.3) is 10.2 Å². The smallest absolute Gasteiger partial charge is 0.195 e. The standard InChI is InChI=1S/C12H19BrN2O2S2/c1-10-5-3-4-6-15(10)19(16,17)14(2)8-12-7-11(13)9-18-12/h7,9-10H,3-6,8H2,1-2H3. The summed E-state index contributed by atoms with van der Waals surface area (Å²) < 4.78 is 29.2. The van der Waals surface area contributed by atoms with Gasteiger partial charge < -0.3 is 0 Å². The first-order valence-electron chi connectivity index (χ1n) is 6.37. The number of hydrogen-bond acceptors (Lipinski definition) is 3. The van der Waals surface area contributed by atoms with Gasteiger partial charge in [0.1, 0.15) is 0 Å². The van der Waals surface area contributed by atoms with E-state index in [0.717, 1.165) is 28.6 Å².